The van der Waals surface area contributed by atoms with Gasteiger partial charge in [-0.25, -0.2) is 0 Å². The lowest BCUT2D eigenvalue weighted by atomic mass is 9.95. The minimum absolute atomic E-state index is 0.925. The van der Waals surface area contributed by atoms with Gasteiger partial charge >= 0.3 is 0 Å². The van der Waals surface area contributed by atoms with E-state index in [4.69, 9.17) is 14.2 Å². The maximum Gasteiger partial charge on any atom is 0.144 e. The van der Waals surface area contributed by atoms with Gasteiger partial charge in [0.25, 0.3) is 0 Å². The van der Waals surface area contributed by atoms with Crippen LogP contribution in [0.1, 0.15) is 22.3 Å². The average molecular weight is 671 g/mol. The molecule has 10 rings (SSSR count). The van der Waals surface area contributed by atoms with Crippen molar-refractivity contribution in [3.05, 3.63) is 144 Å². The number of fused-ring (bicyclic) bond motifs is 6. The van der Waals surface area contributed by atoms with Crippen LogP contribution in [0.3, 0.4) is 0 Å². The van der Waals surface area contributed by atoms with Crippen LogP contribution in [0.25, 0.3) is 21.9 Å². The lowest BCUT2D eigenvalue weighted by molar-refractivity contribution is 0.487. The maximum absolute atomic E-state index is 7.45. The predicted octanol–water partition coefficient (Wildman–Crippen LogP) is 9.57. The highest BCUT2D eigenvalue weighted by atomic mass is 31.1. The highest BCUT2D eigenvalue weighted by Gasteiger charge is 2.37. The van der Waals surface area contributed by atoms with Crippen LogP contribution in [0.2, 0.25) is 0 Å². The van der Waals surface area contributed by atoms with Crippen LogP contribution >= 0.6 is 15.8 Å². The van der Waals surface area contributed by atoms with E-state index in [2.05, 4.69) is 149 Å². The molecule has 0 fully saturated rings. The SMILES string of the molecule is Cc1ccc2c(c1)P(c1cccc3c1Oc1c(P4c5cc(C)ccc5Oc5ccc(C)cc54)ccc4cccc-3c14)c1cc(C)ccc1O2. The topological polar surface area (TPSA) is 27.7 Å². The van der Waals surface area contributed by atoms with Crippen molar-refractivity contribution < 1.29 is 14.2 Å². The predicted molar refractivity (Wildman–Crippen MR) is 206 cm³/mol. The fourth-order valence-corrected chi connectivity index (χ4v) is 13.0. The molecule has 0 atom stereocenters. The van der Waals surface area contributed by atoms with Crippen molar-refractivity contribution in [3.63, 3.8) is 0 Å². The molecule has 3 aliphatic heterocycles. The summed E-state index contributed by atoms with van der Waals surface area (Å²) in [6.45, 7) is 8.65. The number of hydrogen-bond acceptors (Lipinski definition) is 3. The van der Waals surface area contributed by atoms with Crippen molar-refractivity contribution in [2.24, 2.45) is 0 Å². The first-order valence-corrected chi connectivity index (χ1v) is 19.4. The summed E-state index contributed by atoms with van der Waals surface area (Å²) >= 11 is 0. The molecule has 3 aliphatic rings. The molecule has 0 bridgehead atoms. The van der Waals surface area contributed by atoms with Gasteiger partial charge in [0.1, 0.15) is 34.5 Å². The minimum atomic E-state index is -0.981. The highest BCUT2D eigenvalue weighted by Crippen LogP contribution is 2.55. The number of benzene rings is 7. The highest BCUT2D eigenvalue weighted by molar-refractivity contribution is 7.81. The second-order valence-electron chi connectivity index (χ2n) is 13.3. The summed E-state index contributed by atoms with van der Waals surface area (Å²) in [5, 5.41) is 9.69. The Morgan fingerprint density at radius 1 is 0.367 bits per heavy atom. The van der Waals surface area contributed by atoms with E-state index in [9.17, 15) is 0 Å². The van der Waals surface area contributed by atoms with Crippen LogP contribution in [0.5, 0.6) is 34.5 Å². The van der Waals surface area contributed by atoms with Crippen molar-refractivity contribution >= 4 is 58.4 Å². The van der Waals surface area contributed by atoms with Crippen LogP contribution in [-0.2, 0) is 0 Å². The standard InChI is InChI=1S/C44H32O3P2/c1-25-11-16-32-38(21-25)48(39-22-26(2)12-17-33(39)45-32)36-10-6-9-31-30-8-5-7-29-15-20-37(44(42(29)30)47-43(31)36)49-40-23-27(3)13-18-34(40)46-35-19-14-28(4)24-41(35)49/h5-24H,1-4H3. The molecule has 0 saturated carbocycles. The summed E-state index contributed by atoms with van der Waals surface area (Å²) in [4.78, 5) is 0. The number of aryl methyl sites for hydroxylation is 4. The fourth-order valence-electron chi connectivity index (χ4n) is 7.53. The van der Waals surface area contributed by atoms with E-state index in [1.54, 1.807) is 0 Å². The Hall–Kier alpha value is -4.94. The summed E-state index contributed by atoms with van der Waals surface area (Å²) < 4.78 is 20.5. The van der Waals surface area contributed by atoms with E-state index >= 15 is 0 Å². The van der Waals surface area contributed by atoms with Gasteiger partial charge < -0.3 is 14.2 Å². The van der Waals surface area contributed by atoms with Crippen molar-refractivity contribution in [1.82, 2.24) is 0 Å². The van der Waals surface area contributed by atoms with Crippen molar-refractivity contribution in [3.8, 4) is 45.6 Å². The average Bonchev–Trinajstić information content (AvgIpc) is 3.10. The Labute approximate surface area is 288 Å². The summed E-state index contributed by atoms with van der Waals surface area (Å²) in [7, 11) is -1.96. The van der Waals surface area contributed by atoms with Crippen molar-refractivity contribution in [2.45, 2.75) is 27.7 Å². The molecule has 49 heavy (non-hydrogen) atoms. The Bertz CT molecular complexity index is 2450. The summed E-state index contributed by atoms with van der Waals surface area (Å²) in [6.07, 6.45) is 0. The van der Waals surface area contributed by atoms with Gasteiger partial charge in [0.2, 0.25) is 0 Å². The normalized spacial score (nSPS) is 14.0. The first kappa shape index (κ1) is 29.0. The Kier molecular flexibility index (Phi) is 6.38. The minimum Gasteiger partial charge on any atom is -0.456 e. The third-order valence-electron chi connectivity index (χ3n) is 9.81. The van der Waals surface area contributed by atoms with Gasteiger partial charge in [-0.15, -0.1) is 0 Å². The van der Waals surface area contributed by atoms with Crippen LogP contribution < -0.4 is 46.0 Å². The van der Waals surface area contributed by atoms with Crippen LogP contribution in [0.4, 0.5) is 0 Å². The van der Waals surface area contributed by atoms with Gasteiger partial charge in [-0.2, -0.15) is 0 Å². The zero-order chi connectivity index (χ0) is 33.0. The van der Waals surface area contributed by atoms with Gasteiger partial charge in [0.05, 0.1) is 0 Å². The van der Waals surface area contributed by atoms with E-state index in [0.717, 1.165) is 40.1 Å². The molecule has 0 saturated heterocycles. The monoisotopic (exact) mass is 670 g/mol. The zero-order valence-corrected chi connectivity index (χ0v) is 29.5. The molecule has 7 aromatic rings. The molecular formula is C44H32O3P2. The maximum atomic E-state index is 7.45. The van der Waals surface area contributed by atoms with E-state index in [-0.39, 0.29) is 0 Å². The molecular weight excluding hydrogens is 638 g/mol. The molecule has 7 aromatic carbocycles. The van der Waals surface area contributed by atoms with Crippen LogP contribution in [0, 0.1) is 27.7 Å². The largest absolute Gasteiger partial charge is 0.456 e. The van der Waals surface area contributed by atoms with Crippen LogP contribution in [-0.4, -0.2) is 0 Å². The van der Waals surface area contributed by atoms with E-state index in [1.165, 1.54) is 70.4 Å². The van der Waals surface area contributed by atoms with E-state index < -0.39 is 15.8 Å². The third-order valence-corrected chi connectivity index (χ3v) is 14.8. The lowest BCUT2D eigenvalue weighted by Gasteiger charge is -2.34. The summed E-state index contributed by atoms with van der Waals surface area (Å²) in [5.41, 5.74) is 7.24. The number of hydrogen-bond donors (Lipinski definition) is 0. The lowest BCUT2D eigenvalue weighted by Crippen LogP contribution is -2.30. The van der Waals surface area contributed by atoms with Crippen LogP contribution in [0.15, 0.2) is 121 Å². The molecule has 0 amide bonds. The van der Waals surface area contributed by atoms with E-state index in [0.29, 0.717) is 0 Å². The molecule has 3 heterocycles. The van der Waals surface area contributed by atoms with Gasteiger partial charge in [-0.3, -0.25) is 0 Å². The molecule has 0 spiro atoms. The number of ether oxygens (including phenoxy) is 3. The molecule has 0 unspecified atom stereocenters. The Balaban J connectivity index is 1.24. The second kappa shape index (κ2) is 10.8. The van der Waals surface area contributed by atoms with Gasteiger partial charge in [0, 0.05) is 42.8 Å². The quantitative estimate of drug-likeness (QED) is 0.172. The first-order chi connectivity index (χ1) is 23.9. The third kappa shape index (κ3) is 4.43. The Morgan fingerprint density at radius 2 is 0.816 bits per heavy atom. The summed E-state index contributed by atoms with van der Waals surface area (Å²) in [5.74, 6) is 5.60. The Morgan fingerprint density at radius 3 is 1.33 bits per heavy atom. The molecule has 0 aliphatic carbocycles. The smallest absolute Gasteiger partial charge is 0.144 e. The zero-order valence-electron chi connectivity index (χ0n) is 27.7. The number of rotatable bonds is 2. The van der Waals surface area contributed by atoms with Gasteiger partial charge in [-0.05, 0) is 109 Å². The molecule has 0 N–H and O–H groups in total. The van der Waals surface area contributed by atoms with E-state index in [1.807, 2.05) is 0 Å². The molecule has 5 heteroatoms. The van der Waals surface area contributed by atoms with Gasteiger partial charge in [0.15, 0.2) is 0 Å². The molecule has 0 radical (unpaired) electrons. The van der Waals surface area contributed by atoms with Crippen molar-refractivity contribution in [2.75, 3.05) is 0 Å². The second-order valence-corrected chi connectivity index (χ2v) is 17.6. The summed E-state index contributed by atoms with van der Waals surface area (Å²) in [6, 6.07) is 44.2. The number of para-hydroxylation sites is 1. The van der Waals surface area contributed by atoms with Gasteiger partial charge in [-0.1, -0.05) is 89.0 Å². The molecule has 3 nitrogen and oxygen atoms in total. The van der Waals surface area contributed by atoms with Crippen molar-refractivity contribution in [1.29, 1.82) is 0 Å². The fraction of sp³-hybridized carbons (Fsp3) is 0.0909. The molecule has 0 aromatic heterocycles. The molecule has 236 valence electrons. The first-order valence-electron chi connectivity index (χ1n) is 16.7.